The molecule has 0 saturated carbocycles. The van der Waals surface area contributed by atoms with Gasteiger partial charge in [-0.2, -0.15) is 0 Å². The molecule has 27 heavy (non-hydrogen) atoms. The van der Waals surface area contributed by atoms with Crippen LogP contribution in [-0.4, -0.2) is 18.4 Å². The van der Waals surface area contributed by atoms with E-state index in [4.69, 9.17) is 4.74 Å². The zero-order valence-electron chi connectivity index (χ0n) is 17.5. The molecule has 0 aliphatic carbocycles. The second-order valence-electron chi connectivity index (χ2n) is 8.08. The summed E-state index contributed by atoms with van der Waals surface area (Å²) >= 11 is 0. The van der Waals surface area contributed by atoms with Gasteiger partial charge in [-0.05, 0) is 46.6 Å². The second kappa shape index (κ2) is 9.22. The lowest BCUT2D eigenvalue weighted by Gasteiger charge is -2.45. The molecule has 0 unspecified atom stereocenters. The predicted octanol–water partition coefficient (Wildman–Crippen LogP) is 6.27. The van der Waals surface area contributed by atoms with E-state index >= 15 is 0 Å². The minimum Gasteiger partial charge on any atom is -0.458 e. The Morgan fingerprint density at radius 3 is 2.11 bits per heavy atom. The zero-order chi connectivity index (χ0) is 20.0. The Balaban J connectivity index is 2.20. The average molecular weight is 384 g/mol. The molecule has 0 saturated heterocycles. The molecular formula is C23H33NO2Si. The van der Waals surface area contributed by atoms with Gasteiger partial charge in [0.05, 0.1) is 0 Å². The van der Waals surface area contributed by atoms with E-state index in [2.05, 4.69) is 64.1 Å². The first-order valence-electron chi connectivity index (χ1n) is 9.86. The van der Waals surface area contributed by atoms with Crippen molar-refractivity contribution in [3.8, 4) is 0 Å². The van der Waals surface area contributed by atoms with E-state index < -0.39 is 8.24 Å². The molecule has 0 atom stereocenters. The van der Waals surface area contributed by atoms with Crippen LogP contribution in [0.3, 0.4) is 0 Å². The van der Waals surface area contributed by atoms with E-state index in [1.54, 1.807) is 6.08 Å². The molecule has 2 rings (SSSR count). The number of carbonyl (C=O) groups excluding carboxylic acids is 1. The van der Waals surface area contributed by atoms with Crippen LogP contribution in [0.25, 0.3) is 6.08 Å². The van der Waals surface area contributed by atoms with Crippen LogP contribution >= 0.6 is 0 Å². The fraction of sp³-hybridized carbons (Fsp3) is 0.435. The zero-order valence-corrected chi connectivity index (χ0v) is 18.5. The number of hydrogen-bond acceptors (Lipinski definition) is 2. The molecule has 0 spiro atoms. The Bertz CT molecular complexity index is 738. The van der Waals surface area contributed by atoms with Crippen LogP contribution in [0.1, 0.15) is 52.8 Å². The summed E-state index contributed by atoms with van der Waals surface area (Å²) in [5.74, 6) is -0.308. The van der Waals surface area contributed by atoms with Gasteiger partial charge >= 0.3 is 5.97 Å². The van der Waals surface area contributed by atoms with Gasteiger partial charge < -0.3 is 8.97 Å². The van der Waals surface area contributed by atoms with E-state index in [1.165, 1.54) is 0 Å². The van der Waals surface area contributed by atoms with Gasteiger partial charge in [0.25, 0.3) is 0 Å². The maximum absolute atomic E-state index is 12.2. The Hall–Kier alpha value is -2.07. The third-order valence-corrected chi connectivity index (χ3v) is 12.4. The number of carbonyl (C=O) groups is 1. The van der Waals surface area contributed by atoms with Crippen molar-refractivity contribution >= 4 is 20.3 Å². The summed E-state index contributed by atoms with van der Waals surface area (Å²) in [5, 5.41) is 0. The molecule has 1 heterocycles. The lowest BCUT2D eigenvalue weighted by molar-refractivity contribution is -0.138. The molecular weight excluding hydrogens is 350 g/mol. The quantitative estimate of drug-likeness (QED) is 0.306. The predicted molar refractivity (Wildman–Crippen MR) is 116 cm³/mol. The van der Waals surface area contributed by atoms with Gasteiger partial charge in [0.1, 0.15) is 6.61 Å². The van der Waals surface area contributed by atoms with E-state index in [1.807, 2.05) is 36.4 Å². The fourth-order valence-corrected chi connectivity index (χ4v) is 11.3. The molecule has 2 aromatic rings. The van der Waals surface area contributed by atoms with Crippen LogP contribution in [-0.2, 0) is 16.1 Å². The third-order valence-electron chi connectivity index (χ3n) is 5.59. The number of benzene rings is 1. The van der Waals surface area contributed by atoms with E-state index in [0.29, 0.717) is 23.2 Å². The minimum atomic E-state index is -1.83. The summed E-state index contributed by atoms with van der Waals surface area (Å²) in [5.41, 5.74) is 3.88. The molecule has 3 nitrogen and oxygen atoms in total. The molecule has 0 aliphatic rings. The molecule has 146 valence electrons. The molecule has 0 N–H and O–H groups in total. The SMILES string of the molecule is CC(C)[Si](C(C)C)(C(C)C)n1cccc1/C=C/C(=O)OCc1ccccc1. The second-order valence-corrected chi connectivity index (χ2v) is 13.8. The first kappa shape index (κ1) is 21.2. The summed E-state index contributed by atoms with van der Waals surface area (Å²) in [6.07, 6.45) is 5.65. The van der Waals surface area contributed by atoms with Gasteiger partial charge in [-0.3, -0.25) is 0 Å². The van der Waals surface area contributed by atoms with Crippen molar-refractivity contribution in [1.29, 1.82) is 0 Å². The molecule has 0 radical (unpaired) electrons. The van der Waals surface area contributed by atoms with Gasteiger partial charge in [-0.1, -0.05) is 71.9 Å². The monoisotopic (exact) mass is 383 g/mol. The van der Waals surface area contributed by atoms with Crippen molar-refractivity contribution in [2.24, 2.45) is 0 Å². The van der Waals surface area contributed by atoms with Crippen LogP contribution in [0.15, 0.2) is 54.7 Å². The first-order chi connectivity index (χ1) is 12.8. The minimum absolute atomic E-state index is 0.299. The molecule has 0 amide bonds. The maximum Gasteiger partial charge on any atom is 0.331 e. The number of hydrogen-bond donors (Lipinski definition) is 0. The fourth-order valence-electron chi connectivity index (χ4n) is 4.65. The largest absolute Gasteiger partial charge is 0.458 e. The van der Waals surface area contributed by atoms with Gasteiger partial charge in [0.15, 0.2) is 8.24 Å². The van der Waals surface area contributed by atoms with Crippen molar-refractivity contribution in [3.63, 3.8) is 0 Å². The van der Waals surface area contributed by atoms with Gasteiger partial charge in [-0.25, -0.2) is 4.79 Å². The molecule has 0 aliphatic heterocycles. The van der Waals surface area contributed by atoms with Gasteiger partial charge in [0.2, 0.25) is 0 Å². The molecule has 0 bridgehead atoms. The number of rotatable bonds is 8. The molecule has 4 heteroatoms. The summed E-state index contributed by atoms with van der Waals surface area (Å²) in [4.78, 5) is 12.2. The van der Waals surface area contributed by atoms with Gasteiger partial charge in [0, 0.05) is 11.8 Å². The van der Waals surface area contributed by atoms with E-state index in [-0.39, 0.29) is 5.97 Å². The number of ether oxygens (including phenoxy) is 1. The lowest BCUT2D eigenvalue weighted by atomic mass is 10.2. The summed E-state index contributed by atoms with van der Waals surface area (Å²) in [6.45, 7) is 14.3. The first-order valence-corrected chi connectivity index (χ1v) is 12.0. The summed E-state index contributed by atoms with van der Waals surface area (Å²) in [6, 6.07) is 13.9. The number of esters is 1. The highest BCUT2D eigenvalue weighted by Gasteiger charge is 2.45. The Kier molecular flexibility index (Phi) is 7.25. The summed E-state index contributed by atoms with van der Waals surface area (Å²) in [7, 11) is -1.83. The molecule has 1 aromatic carbocycles. The van der Waals surface area contributed by atoms with E-state index in [0.717, 1.165) is 11.3 Å². The average Bonchev–Trinajstić information content (AvgIpc) is 3.07. The number of aromatic nitrogens is 1. The van der Waals surface area contributed by atoms with Crippen LogP contribution < -0.4 is 0 Å². The van der Waals surface area contributed by atoms with Crippen LogP contribution in [0.5, 0.6) is 0 Å². The van der Waals surface area contributed by atoms with E-state index in [9.17, 15) is 4.79 Å². The van der Waals surface area contributed by atoms with Gasteiger partial charge in [-0.15, -0.1) is 0 Å². The summed E-state index contributed by atoms with van der Waals surface area (Å²) < 4.78 is 7.85. The van der Waals surface area contributed by atoms with Crippen LogP contribution in [0, 0.1) is 0 Å². The molecule has 1 aromatic heterocycles. The third kappa shape index (κ3) is 4.61. The standard InChI is InChI=1S/C23H33NO2Si/c1-18(2)27(19(3)4,20(5)6)24-16-10-13-22(24)14-15-23(25)26-17-21-11-8-7-9-12-21/h7-16,18-20H,17H2,1-6H3/b15-14+. The molecule has 0 fully saturated rings. The Labute approximate surface area is 165 Å². The Morgan fingerprint density at radius 2 is 1.56 bits per heavy atom. The highest BCUT2D eigenvalue weighted by molar-refractivity contribution is 6.82. The van der Waals surface area contributed by atoms with Crippen molar-refractivity contribution in [1.82, 2.24) is 4.23 Å². The normalized spacial score (nSPS) is 12.5. The van der Waals surface area contributed by atoms with Crippen LogP contribution in [0.4, 0.5) is 0 Å². The van der Waals surface area contributed by atoms with Crippen molar-refractivity contribution in [3.05, 3.63) is 66.0 Å². The highest BCUT2D eigenvalue weighted by atomic mass is 28.3. The lowest BCUT2D eigenvalue weighted by Crippen LogP contribution is -2.52. The van der Waals surface area contributed by atoms with Crippen molar-refractivity contribution < 1.29 is 9.53 Å². The highest BCUT2D eigenvalue weighted by Crippen LogP contribution is 2.43. The van der Waals surface area contributed by atoms with Crippen molar-refractivity contribution in [2.75, 3.05) is 0 Å². The topological polar surface area (TPSA) is 31.2 Å². The smallest absolute Gasteiger partial charge is 0.331 e. The Morgan fingerprint density at radius 1 is 0.963 bits per heavy atom. The maximum atomic E-state index is 12.2. The number of nitrogens with zero attached hydrogens (tertiary/aromatic N) is 1. The van der Waals surface area contributed by atoms with Crippen LogP contribution in [0.2, 0.25) is 16.6 Å². The van der Waals surface area contributed by atoms with Crippen molar-refractivity contribution in [2.45, 2.75) is 64.8 Å².